The standard InChI is InChI=1S/C19H19ClN2O2/c1-24-12-19(23)22-11-15(13-6-2-4-8-17(13)20)16-10-21-18-9-5-3-7-14(16)18/h2-10,15,21H,11-12H2,1H3,(H,22,23)/t15-/m1/s1. The zero-order valence-electron chi connectivity index (χ0n) is 13.4. The van der Waals surface area contributed by atoms with E-state index in [2.05, 4.69) is 16.4 Å². The van der Waals surface area contributed by atoms with E-state index in [1.807, 2.05) is 48.7 Å². The molecule has 0 bridgehead atoms. The Morgan fingerprint density at radius 3 is 2.71 bits per heavy atom. The highest BCUT2D eigenvalue weighted by Gasteiger charge is 2.21. The second-order valence-electron chi connectivity index (χ2n) is 5.60. The van der Waals surface area contributed by atoms with E-state index in [9.17, 15) is 4.79 Å². The molecule has 24 heavy (non-hydrogen) atoms. The Bertz CT molecular complexity index is 844. The molecular formula is C19H19ClN2O2. The van der Waals surface area contributed by atoms with Crippen molar-refractivity contribution in [2.75, 3.05) is 20.3 Å². The number of nitrogens with one attached hydrogen (secondary N) is 2. The number of fused-ring (bicyclic) bond motifs is 1. The number of hydrogen-bond donors (Lipinski definition) is 2. The summed E-state index contributed by atoms with van der Waals surface area (Å²) in [6.07, 6.45) is 1.99. The van der Waals surface area contributed by atoms with Crippen molar-refractivity contribution in [1.82, 2.24) is 10.3 Å². The van der Waals surface area contributed by atoms with Crippen LogP contribution in [-0.2, 0) is 9.53 Å². The van der Waals surface area contributed by atoms with E-state index in [0.29, 0.717) is 11.6 Å². The molecule has 4 nitrogen and oxygen atoms in total. The summed E-state index contributed by atoms with van der Waals surface area (Å²) in [5.41, 5.74) is 3.16. The van der Waals surface area contributed by atoms with Crippen molar-refractivity contribution in [2.24, 2.45) is 0 Å². The first kappa shape index (κ1) is 16.6. The molecule has 3 aromatic rings. The molecule has 0 aliphatic carbocycles. The van der Waals surface area contributed by atoms with Crippen LogP contribution in [0.25, 0.3) is 10.9 Å². The minimum Gasteiger partial charge on any atom is -0.375 e. The van der Waals surface area contributed by atoms with Gasteiger partial charge < -0.3 is 15.0 Å². The summed E-state index contributed by atoms with van der Waals surface area (Å²) in [4.78, 5) is 15.1. The van der Waals surface area contributed by atoms with Crippen LogP contribution in [0.15, 0.2) is 54.7 Å². The predicted molar refractivity (Wildman–Crippen MR) is 96.5 cm³/mol. The molecule has 0 saturated heterocycles. The highest BCUT2D eigenvalue weighted by molar-refractivity contribution is 6.31. The number of rotatable bonds is 6. The van der Waals surface area contributed by atoms with Crippen molar-refractivity contribution in [3.63, 3.8) is 0 Å². The fraction of sp³-hybridized carbons (Fsp3) is 0.211. The second-order valence-corrected chi connectivity index (χ2v) is 6.01. The number of H-pyrrole nitrogens is 1. The maximum atomic E-state index is 11.8. The number of methoxy groups -OCH3 is 1. The summed E-state index contributed by atoms with van der Waals surface area (Å²) in [7, 11) is 1.50. The SMILES string of the molecule is COCC(=O)NC[C@H](c1ccccc1Cl)c1c[nH]c2ccccc12. The Hall–Kier alpha value is -2.30. The number of carbonyl (C=O) groups is 1. The zero-order valence-corrected chi connectivity index (χ0v) is 14.1. The first-order valence-corrected chi connectivity index (χ1v) is 8.14. The van der Waals surface area contributed by atoms with E-state index < -0.39 is 0 Å². The average molecular weight is 343 g/mol. The molecule has 1 aromatic heterocycles. The van der Waals surface area contributed by atoms with Crippen LogP contribution in [0.1, 0.15) is 17.0 Å². The van der Waals surface area contributed by atoms with Crippen LogP contribution >= 0.6 is 11.6 Å². The summed E-state index contributed by atoms with van der Waals surface area (Å²) in [6, 6.07) is 15.8. The van der Waals surface area contributed by atoms with Crippen LogP contribution in [-0.4, -0.2) is 31.2 Å². The van der Waals surface area contributed by atoms with Gasteiger partial charge in [0.25, 0.3) is 0 Å². The van der Waals surface area contributed by atoms with E-state index >= 15 is 0 Å². The minimum atomic E-state index is -0.144. The molecule has 0 fully saturated rings. The molecular weight excluding hydrogens is 324 g/mol. The van der Waals surface area contributed by atoms with Crippen molar-refractivity contribution >= 4 is 28.4 Å². The highest BCUT2D eigenvalue weighted by atomic mass is 35.5. The number of aromatic amines is 1. The zero-order chi connectivity index (χ0) is 16.9. The van der Waals surface area contributed by atoms with Gasteiger partial charge >= 0.3 is 0 Å². The predicted octanol–water partition coefficient (Wildman–Crippen LogP) is 3.72. The van der Waals surface area contributed by atoms with Crippen LogP contribution < -0.4 is 5.32 Å². The van der Waals surface area contributed by atoms with E-state index in [1.54, 1.807) is 0 Å². The summed E-state index contributed by atoms with van der Waals surface area (Å²) in [5.74, 6) is -0.190. The van der Waals surface area contributed by atoms with Crippen molar-refractivity contribution in [3.05, 3.63) is 70.9 Å². The molecule has 0 radical (unpaired) electrons. The number of benzene rings is 2. The van der Waals surface area contributed by atoms with Crippen molar-refractivity contribution in [3.8, 4) is 0 Å². The van der Waals surface area contributed by atoms with Gasteiger partial charge in [0.1, 0.15) is 6.61 Å². The smallest absolute Gasteiger partial charge is 0.246 e. The topological polar surface area (TPSA) is 54.1 Å². The third kappa shape index (κ3) is 3.45. The summed E-state index contributed by atoms with van der Waals surface area (Å²) >= 11 is 6.42. The summed E-state index contributed by atoms with van der Waals surface area (Å²) < 4.78 is 4.88. The molecule has 2 aromatic carbocycles. The number of ether oxygens (including phenoxy) is 1. The van der Waals surface area contributed by atoms with Crippen molar-refractivity contribution in [1.29, 1.82) is 0 Å². The first-order chi connectivity index (χ1) is 11.7. The number of carbonyl (C=O) groups excluding carboxylic acids is 1. The Kier molecular flexibility index (Phi) is 5.18. The Labute approximate surface area is 145 Å². The normalized spacial score (nSPS) is 12.2. The van der Waals surface area contributed by atoms with Gasteiger partial charge in [0.15, 0.2) is 0 Å². The van der Waals surface area contributed by atoms with Crippen LogP contribution in [0.2, 0.25) is 5.02 Å². The fourth-order valence-corrected chi connectivity index (χ4v) is 3.19. The number of para-hydroxylation sites is 1. The van der Waals surface area contributed by atoms with Gasteiger partial charge in [0.2, 0.25) is 5.91 Å². The van der Waals surface area contributed by atoms with Gasteiger partial charge in [-0.1, -0.05) is 48.0 Å². The van der Waals surface area contributed by atoms with Crippen LogP contribution in [0.5, 0.6) is 0 Å². The monoisotopic (exact) mass is 342 g/mol. The van der Waals surface area contributed by atoms with Gasteiger partial charge in [0, 0.05) is 41.7 Å². The summed E-state index contributed by atoms with van der Waals surface area (Å²) in [5, 5.41) is 4.74. The molecule has 124 valence electrons. The molecule has 1 atom stereocenters. The second kappa shape index (κ2) is 7.51. The highest BCUT2D eigenvalue weighted by Crippen LogP contribution is 2.33. The van der Waals surface area contributed by atoms with Gasteiger partial charge in [-0.25, -0.2) is 0 Å². The third-order valence-corrected chi connectivity index (χ3v) is 4.40. The third-order valence-electron chi connectivity index (χ3n) is 4.06. The number of hydrogen-bond acceptors (Lipinski definition) is 2. The van der Waals surface area contributed by atoms with E-state index in [4.69, 9.17) is 16.3 Å². The quantitative estimate of drug-likeness (QED) is 0.717. The number of halogens is 1. The van der Waals surface area contributed by atoms with Gasteiger partial charge in [-0.2, -0.15) is 0 Å². The number of amides is 1. The maximum Gasteiger partial charge on any atom is 0.246 e. The largest absolute Gasteiger partial charge is 0.375 e. The van der Waals surface area contributed by atoms with Crippen LogP contribution in [0.3, 0.4) is 0 Å². The Balaban J connectivity index is 1.99. The maximum absolute atomic E-state index is 11.8. The van der Waals surface area contributed by atoms with Crippen molar-refractivity contribution < 1.29 is 9.53 Å². The molecule has 2 N–H and O–H groups in total. The van der Waals surface area contributed by atoms with Gasteiger partial charge in [-0.15, -0.1) is 0 Å². The van der Waals surface area contributed by atoms with Gasteiger partial charge in [-0.05, 0) is 23.3 Å². The van der Waals surface area contributed by atoms with Crippen molar-refractivity contribution in [2.45, 2.75) is 5.92 Å². The van der Waals surface area contributed by atoms with E-state index in [-0.39, 0.29) is 18.4 Å². The molecule has 0 unspecified atom stereocenters. The molecule has 5 heteroatoms. The lowest BCUT2D eigenvalue weighted by Gasteiger charge is -2.19. The minimum absolute atomic E-state index is 0.0448. The Morgan fingerprint density at radius 2 is 1.92 bits per heavy atom. The molecule has 0 aliphatic rings. The van der Waals surface area contributed by atoms with E-state index in [1.165, 1.54) is 7.11 Å². The molecule has 0 saturated carbocycles. The van der Waals surface area contributed by atoms with Gasteiger partial charge in [-0.3, -0.25) is 4.79 Å². The molecule has 0 aliphatic heterocycles. The van der Waals surface area contributed by atoms with Crippen LogP contribution in [0.4, 0.5) is 0 Å². The summed E-state index contributed by atoms with van der Waals surface area (Å²) in [6.45, 7) is 0.497. The molecule has 1 heterocycles. The molecule has 0 spiro atoms. The van der Waals surface area contributed by atoms with E-state index in [0.717, 1.165) is 22.0 Å². The average Bonchev–Trinajstić information content (AvgIpc) is 3.01. The fourth-order valence-electron chi connectivity index (χ4n) is 2.93. The lowest BCUT2D eigenvalue weighted by atomic mass is 9.91. The lowest BCUT2D eigenvalue weighted by molar-refractivity contribution is -0.124. The molecule has 1 amide bonds. The first-order valence-electron chi connectivity index (χ1n) is 7.76. The van der Waals surface area contributed by atoms with Gasteiger partial charge in [0.05, 0.1) is 0 Å². The van der Waals surface area contributed by atoms with Crippen LogP contribution in [0, 0.1) is 0 Å². The lowest BCUT2D eigenvalue weighted by Crippen LogP contribution is -2.31. The number of aromatic nitrogens is 1. The Morgan fingerprint density at radius 1 is 1.17 bits per heavy atom. The molecule has 3 rings (SSSR count).